The number of thiophene rings is 1. The van der Waals surface area contributed by atoms with Crippen molar-refractivity contribution >= 4 is 28.2 Å². The molecule has 130 valence electrons. The average Bonchev–Trinajstić information content (AvgIpc) is 3.22. The van der Waals surface area contributed by atoms with E-state index >= 15 is 0 Å². The highest BCUT2D eigenvalue weighted by atomic mass is 32.1. The highest BCUT2D eigenvalue weighted by Gasteiger charge is 2.15. The minimum absolute atomic E-state index is 0.00946. The second-order valence-corrected chi connectivity index (χ2v) is 6.98. The first-order chi connectivity index (χ1) is 12.8. The number of hydrogen-bond donors (Lipinski definition) is 2. The summed E-state index contributed by atoms with van der Waals surface area (Å²) in [6.07, 6.45) is 0.609. The standard InChI is InChI=1S/C21H19N3OS/c25-13-12-18(19-11-6-14-26-19)23-21-22-17-10-5-4-9-16(17)20(24-21)15-7-2-1-3-8-15/h1-11,14,18,25H,12-13H2,(H,22,23,24). The molecule has 0 radical (unpaired) electrons. The number of anilines is 1. The van der Waals surface area contributed by atoms with Gasteiger partial charge in [0.25, 0.3) is 0 Å². The molecule has 0 fully saturated rings. The molecule has 0 saturated carbocycles. The van der Waals surface area contributed by atoms with Crippen LogP contribution in [0.15, 0.2) is 72.1 Å². The summed E-state index contributed by atoms with van der Waals surface area (Å²) in [6.45, 7) is 0.106. The Morgan fingerprint density at radius 3 is 2.50 bits per heavy atom. The first-order valence-electron chi connectivity index (χ1n) is 8.58. The quantitative estimate of drug-likeness (QED) is 0.513. The molecule has 0 amide bonds. The number of aliphatic hydroxyl groups is 1. The third-order valence-corrected chi connectivity index (χ3v) is 5.24. The molecule has 4 aromatic rings. The summed E-state index contributed by atoms with van der Waals surface area (Å²) in [5, 5.41) is 15.9. The van der Waals surface area contributed by atoms with E-state index < -0.39 is 0 Å². The molecule has 2 aromatic carbocycles. The highest BCUT2D eigenvalue weighted by Crippen LogP contribution is 2.30. The molecule has 2 heterocycles. The lowest BCUT2D eigenvalue weighted by molar-refractivity contribution is 0.280. The molecular weight excluding hydrogens is 342 g/mol. The average molecular weight is 361 g/mol. The zero-order valence-corrected chi connectivity index (χ0v) is 15.0. The molecule has 1 atom stereocenters. The maximum absolute atomic E-state index is 9.44. The fourth-order valence-electron chi connectivity index (χ4n) is 3.02. The normalized spacial score (nSPS) is 12.2. The van der Waals surface area contributed by atoms with E-state index in [2.05, 4.69) is 23.5 Å². The van der Waals surface area contributed by atoms with Gasteiger partial charge in [0.05, 0.1) is 17.3 Å². The molecule has 4 rings (SSSR count). The first-order valence-corrected chi connectivity index (χ1v) is 9.46. The van der Waals surface area contributed by atoms with E-state index in [0.29, 0.717) is 12.4 Å². The van der Waals surface area contributed by atoms with E-state index in [0.717, 1.165) is 27.0 Å². The Balaban J connectivity index is 1.78. The highest BCUT2D eigenvalue weighted by molar-refractivity contribution is 7.10. The number of fused-ring (bicyclic) bond motifs is 1. The summed E-state index contributed by atoms with van der Waals surface area (Å²) < 4.78 is 0. The number of rotatable bonds is 6. The van der Waals surface area contributed by atoms with Gasteiger partial charge in [0.15, 0.2) is 0 Å². The van der Waals surface area contributed by atoms with Crippen molar-refractivity contribution < 1.29 is 5.11 Å². The van der Waals surface area contributed by atoms with Gasteiger partial charge in [-0.1, -0.05) is 54.6 Å². The van der Waals surface area contributed by atoms with Crippen LogP contribution in [-0.4, -0.2) is 21.7 Å². The second-order valence-electron chi connectivity index (χ2n) is 6.00. The van der Waals surface area contributed by atoms with Gasteiger partial charge < -0.3 is 10.4 Å². The fourth-order valence-corrected chi connectivity index (χ4v) is 3.83. The zero-order valence-electron chi connectivity index (χ0n) is 14.2. The van der Waals surface area contributed by atoms with Crippen LogP contribution in [-0.2, 0) is 0 Å². The molecule has 2 N–H and O–H groups in total. The Hall–Kier alpha value is -2.76. The fraction of sp³-hybridized carbons (Fsp3) is 0.143. The van der Waals surface area contributed by atoms with E-state index in [1.165, 1.54) is 0 Å². The van der Waals surface area contributed by atoms with E-state index in [4.69, 9.17) is 9.97 Å². The van der Waals surface area contributed by atoms with Gasteiger partial charge in [-0.3, -0.25) is 0 Å². The largest absolute Gasteiger partial charge is 0.396 e. The predicted molar refractivity (Wildman–Crippen MR) is 107 cm³/mol. The van der Waals surface area contributed by atoms with Gasteiger partial charge in [-0.25, -0.2) is 9.97 Å². The number of benzene rings is 2. The molecule has 5 heteroatoms. The van der Waals surface area contributed by atoms with Gasteiger partial charge in [-0.05, 0) is 23.9 Å². The van der Waals surface area contributed by atoms with Crippen LogP contribution < -0.4 is 5.32 Å². The van der Waals surface area contributed by atoms with Crippen molar-refractivity contribution in [1.82, 2.24) is 9.97 Å². The van der Waals surface area contributed by atoms with Gasteiger partial charge in [0.2, 0.25) is 5.95 Å². The molecular formula is C21H19N3OS. The lowest BCUT2D eigenvalue weighted by atomic mass is 10.1. The van der Waals surface area contributed by atoms with Crippen LogP contribution in [0.25, 0.3) is 22.2 Å². The summed E-state index contributed by atoms with van der Waals surface area (Å²) in [7, 11) is 0. The third-order valence-electron chi connectivity index (χ3n) is 4.26. The smallest absolute Gasteiger partial charge is 0.224 e. The monoisotopic (exact) mass is 361 g/mol. The minimum Gasteiger partial charge on any atom is -0.396 e. The predicted octanol–water partition coefficient (Wildman–Crippen LogP) is 4.89. The summed E-state index contributed by atoms with van der Waals surface area (Å²) in [6, 6.07) is 22.3. The number of nitrogens with zero attached hydrogens (tertiary/aromatic N) is 2. The van der Waals surface area contributed by atoms with Crippen LogP contribution in [0.4, 0.5) is 5.95 Å². The number of para-hydroxylation sites is 1. The van der Waals surface area contributed by atoms with E-state index in [1.807, 2.05) is 53.9 Å². The molecule has 0 bridgehead atoms. The van der Waals surface area contributed by atoms with Crippen molar-refractivity contribution in [3.05, 3.63) is 77.0 Å². The van der Waals surface area contributed by atoms with Crippen molar-refractivity contribution in [2.24, 2.45) is 0 Å². The van der Waals surface area contributed by atoms with Crippen molar-refractivity contribution in [1.29, 1.82) is 0 Å². The Morgan fingerprint density at radius 1 is 0.923 bits per heavy atom. The van der Waals surface area contributed by atoms with E-state index in [1.54, 1.807) is 11.3 Å². The maximum atomic E-state index is 9.44. The van der Waals surface area contributed by atoms with Gasteiger partial charge >= 0.3 is 0 Å². The summed E-state index contributed by atoms with van der Waals surface area (Å²) in [5.74, 6) is 0.578. The van der Waals surface area contributed by atoms with E-state index in [-0.39, 0.29) is 12.6 Å². The van der Waals surface area contributed by atoms with Gasteiger partial charge in [-0.15, -0.1) is 11.3 Å². The Labute approximate surface area is 156 Å². The first kappa shape index (κ1) is 16.7. The molecule has 2 aromatic heterocycles. The Bertz CT molecular complexity index is 987. The number of aliphatic hydroxyl groups excluding tert-OH is 1. The summed E-state index contributed by atoms with van der Waals surface area (Å²) >= 11 is 1.67. The molecule has 1 unspecified atom stereocenters. The van der Waals surface area contributed by atoms with Crippen LogP contribution in [0.5, 0.6) is 0 Å². The van der Waals surface area contributed by atoms with Crippen molar-refractivity contribution in [2.45, 2.75) is 12.5 Å². The van der Waals surface area contributed by atoms with Gasteiger partial charge in [0, 0.05) is 22.4 Å². The molecule has 0 aliphatic heterocycles. The lowest BCUT2D eigenvalue weighted by Crippen LogP contribution is -2.13. The van der Waals surface area contributed by atoms with Crippen molar-refractivity contribution in [3.8, 4) is 11.3 Å². The zero-order chi connectivity index (χ0) is 17.8. The van der Waals surface area contributed by atoms with Crippen LogP contribution in [0.1, 0.15) is 17.3 Å². The molecule has 0 saturated heterocycles. The van der Waals surface area contributed by atoms with Crippen LogP contribution in [0, 0.1) is 0 Å². The Morgan fingerprint density at radius 2 is 1.73 bits per heavy atom. The molecule has 0 aliphatic rings. The lowest BCUT2D eigenvalue weighted by Gasteiger charge is -2.17. The number of hydrogen-bond acceptors (Lipinski definition) is 5. The van der Waals surface area contributed by atoms with Crippen LogP contribution in [0.3, 0.4) is 0 Å². The summed E-state index contributed by atoms with van der Waals surface area (Å²) in [4.78, 5) is 10.7. The minimum atomic E-state index is -0.00946. The third kappa shape index (κ3) is 3.45. The Kier molecular flexibility index (Phi) is 4.91. The maximum Gasteiger partial charge on any atom is 0.224 e. The van der Waals surface area contributed by atoms with Crippen molar-refractivity contribution in [2.75, 3.05) is 11.9 Å². The van der Waals surface area contributed by atoms with Gasteiger partial charge in [-0.2, -0.15) is 0 Å². The van der Waals surface area contributed by atoms with Gasteiger partial charge in [0.1, 0.15) is 0 Å². The van der Waals surface area contributed by atoms with E-state index in [9.17, 15) is 5.11 Å². The molecule has 4 nitrogen and oxygen atoms in total. The number of aromatic nitrogens is 2. The molecule has 0 aliphatic carbocycles. The van der Waals surface area contributed by atoms with Crippen LogP contribution >= 0.6 is 11.3 Å². The SMILES string of the molecule is OCCC(Nc1nc(-c2ccccc2)c2ccccc2n1)c1cccs1. The van der Waals surface area contributed by atoms with Crippen molar-refractivity contribution in [3.63, 3.8) is 0 Å². The molecule has 0 spiro atoms. The molecule has 26 heavy (non-hydrogen) atoms. The topological polar surface area (TPSA) is 58.0 Å². The summed E-state index contributed by atoms with van der Waals surface area (Å²) in [5.41, 5.74) is 2.87. The van der Waals surface area contributed by atoms with Crippen LogP contribution in [0.2, 0.25) is 0 Å². The second kappa shape index (κ2) is 7.64. The number of nitrogens with one attached hydrogen (secondary N) is 1.